The minimum Gasteiger partial charge on any atom is -0.497 e. The smallest absolute Gasteiger partial charge is 0.386 e. The zero-order valence-corrected chi connectivity index (χ0v) is 15.8. The summed E-state index contributed by atoms with van der Waals surface area (Å²) in [5, 5.41) is 0. The highest BCUT2D eigenvalue weighted by Gasteiger charge is 2.27. The lowest BCUT2D eigenvalue weighted by Crippen LogP contribution is -2.16. The van der Waals surface area contributed by atoms with Crippen LogP contribution in [0.2, 0.25) is 0 Å². The fourth-order valence-corrected chi connectivity index (χ4v) is 3.16. The molecular weight excluding hydrogens is 364 g/mol. The maximum atomic E-state index is 12.7. The molecule has 7 nitrogen and oxygen atoms in total. The Hall–Kier alpha value is -2.90. The number of rotatable bonds is 6. The van der Waals surface area contributed by atoms with Crippen LogP contribution in [-0.4, -0.2) is 39.4 Å². The Morgan fingerprint density at radius 2 is 1.82 bits per heavy atom. The van der Waals surface area contributed by atoms with Gasteiger partial charge in [0, 0.05) is 19.6 Å². The molecule has 0 saturated carbocycles. The molecule has 3 rings (SSSR count). The third-order valence-electron chi connectivity index (χ3n) is 4.57. The van der Waals surface area contributed by atoms with Crippen LogP contribution in [0.15, 0.2) is 42.5 Å². The molecule has 1 heterocycles. The van der Waals surface area contributed by atoms with E-state index in [4.69, 9.17) is 24.0 Å². The summed E-state index contributed by atoms with van der Waals surface area (Å²) in [6, 6.07) is 11.7. The van der Waals surface area contributed by atoms with Crippen LogP contribution in [0.1, 0.15) is 44.2 Å². The van der Waals surface area contributed by atoms with Crippen LogP contribution >= 0.6 is 0 Å². The third kappa shape index (κ3) is 4.49. The van der Waals surface area contributed by atoms with Crippen molar-refractivity contribution in [1.82, 2.24) is 0 Å². The van der Waals surface area contributed by atoms with Gasteiger partial charge in [-0.15, -0.1) is 0 Å². The van der Waals surface area contributed by atoms with E-state index in [1.54, 1.807) is 43.5 Å². The molecule has 0 bridgehead atoms. The lowest BCUT2D eigenvalue weighted by atomic mass is 9.90. The Bertz CT molecular complexity index is 826. The van der Waals surface area contributed by atoms with E-state index >= 15 is 0 Å². The van der Waals surface area contributed by atoms with Gasteiger partial charge in [0.05, 0.1) is 31.5 Å². The fraction of sp³-hybridized carbons (Fsp3) is 0.333. The third-order valence-corrected chi connectivity index (χ3v) is 4.57. The van der Waals surface area contributed by atoms with Crippen molar-refractivity contribution in [3.63, 3.8) is 0 Å². The van der Waals surface area contributed by atoms with Crippen LogP contribution in [0.25, 0.3) is 0 Å². The Kier molecular flexibility index (Phi) is 6.62. The topological polar surface area (TPSA) is 80.3 Å². The van der Waals surface area contributed by atoms with Gasteiger partial charge in [0.15, 0.2) is 0 Å². The van der Waals surface area contributed by atoms with Gasteiger partial charge in [0.25, 0.3) is 0 Å². The SMILES string of the molecule is COCc1c(C(=O)OOC(=O)c2ccccc2)cc(OC)cc1C1CCOC1. The van der Waals surface area contributed by atoms with E-state index in [2.05, 4.69) is 0 Å². The van der Waals surface area contributed by atoms with Crippen LogP contribution < -0.4 is 4.74 Å². The monoisotopic (exact) mass is 386 g/mol. The maximum absolute atomic E-state index is 12.7. The van der Waals surface area contributed by atoms with Gasteiger partial charge < -0.3 is 14.2 Å². The molecule has 0 spiro atoms. The van der Waals surface area contributed by atoms with Crippen molar-refractivity contribution in [2.75, 3.05) is 27.4 Å². The highest BCUT2D eigenvalue weighted by molar-refractivity contribution is 5.94. The van der Waals surface area contributed by atoms with E-state index in [9.17, 15) is 9.59 Å². The van der Waals surface area contributed by atoms with Crippen molar-refractivity contribution in [1.29, 1.82) is 0 Å². The first kappa shape index (κ1) is 19.9. The molecular formula is C21H22O7. The van der Waals surface area contributed by atoms with Gasteiger partial charge in [0.1, 0.15) is 5.75 Å². The summed E-state index contributed by atoms with van der Waals surface area (Å²) < 4.78 is 16.1. The highest BCUT2D eigenvalue weighted by atomic mass is 17.2. The van der Waals surface area contributed by atoms with Crippen LogP contribution in [0.3, 0.4) is 0 Å². The van der Waals surface area contributed by atoms with Gasteiger partial charge in [-0.25, -0.2) is 19.4 Å². The van der Waals surface area contributed by atoms with Crippen molar-refractivity contribution in [2.45, 2.75) is 18.9 Å². The minimum atomic E-state index is -0.796. The lowest BCUT2D eigenvalue weighted by Gasteiger charge is -2.18. The van der Waals surface area contributed by atoms with Gasteiger partial charge in [-0.2, -0.15) is 0 Å². The normalized spacial score (nSPS) is 15.9. The van der Waals surface area contributed by atoms with Gasteiger partial charge in [-0.05, 0) is 41.8 Å². The predicted molar refractivity (Wildman–Crippen MR) is 99.2 cm³/mol. The Balaban J connectivity index is 1.85. The molecule has 1 aliphatic heterocycles. The molecule has 28 heavy (non-hydrogen) atoms. The maximum Gasteiger partial charge on any atom is 0.386 e. The number of carbonyl (C=O) groups excluding carboxylic acids is 2. The number of hydrogen-bond acceptors (Lipinski definition) is 7. The van der Waals surface area contributed by atoms with Crippen molar-refractivity contribution >= 4 is 11.9 Å². The first-order valence-corrected chi connectivity index (χ1v) is 8.89. The lowest BCUT2D eigenvalue weighted by molar-refractivity contribution is -0.187. The zero-order valence-electron chi connectivity index (χ0n) is 15.8. The summed E-state index contributed by atoms with van der Waals surface area (Å²) >= 11 is 0. The van der Waals surface area contributed by atoms with Crippen LogP contribution in [0.4, 0.5) is 0 Å². The van der Waals surface area contributed by atoms with Crippen LogP contribution in [0, 0.1) is 0 Å². The quantitative estimate of drug-likeness (QED) is 0.557. The summed E-state index contributed by atoms with van der Waals surface area (Å²) in [6.07, 6.45) is 0.835. The molecule has 0 N–H and O–H groups in total. The number of ether oxygens (including phenoxy) is 3. The molecule has 7 heteroatoms. The molecule has 1 fully saturated rings. The van der Waals surface area contributed by atoms with Gasteiger partial charge in [0.2, 0.25) is 0 Å². The van der Waals surface area contributed by atoms with E-state index in [0.717, 1.165) is 12.0 Å². The van der Waals surface area contributed by atoms with Crippen molar-refractivity contribution in [3.05, 3.63) is 64.7 Å². The summed E-state index contributed by atoms with van der Waals surface area (Å²) in [5.41, 5.74) is 2.07. The van der Waals surface area contributed by atoms with E-state index < -0.39 is 11.9 Å². The predicted octanol–water partition coefficient (Wildman–Crippen LogP) is 3.27. The second kappa shape index (κ2) is 9.34. The number of hydrogen-bond donors (Lipinski definition) is 0. The minimum absolute atomic E-state index is 0.124. The largest absolute Gasteiger partial charge is 0.497 e. The van der Waals surface area contributed by atoms with E-state index in [0.29, 0.717) is 24.5 Å². The molecule has 1 atom stereocenters. The average Bonchev–Trinajstić information content (AvgIpc) is 3.27. The summed E-state index contributed by atoms with van der Waals surface area (Å²) in [4.78, 5) is 34.2. The zero-order chi connectivity index (χ0) is 19.9. The number of benzene rings is 2. The van der Waals surface area contributed by atoms with E-state index in [-0.39, 0.29) is 23.7 Å². The molecule has 1 aliphatic rings. The van der Waals surface area contributed by atoms with Gasteiger partial charge in [-0.1, -0.05) is 18.2 Å². The molecule has 0 aromatic heterocycles. The second-order valence-corrected chi connectivity index (χ2v) is 6.34. The fourth-order valence-electron chi connectivity index (χ4n) is 3.16. The van der Waals surface area contributed by atoms with Crippen LogP contribution in [0.5, 0.6) is 5.75 Å². The van der Waals surface area contributed by atoms with Gasteiger partial charge in [-0.3, -0.25) is 0 Å². The molecule has 2 aromatic rings. The summed E-state index contributed by atoms with van der Waals surface area (Å²) in [6.45, 7) is 1.41. The van der Waals surface area contributed by atoms with Crippen LogP contribution in [-0.2, 0) is 25.9 Å². The standard InChI is InChI=1S/C21H22O7/c1-24-13-19-17(15-8-9-26-12-15)10-16(25-2)11-18(19)21(23)28-27-20(22)14-6-4-3-5-7-14/h3-7,10-11,15H,8-9,12-13H2,1-2H3. The molecule has 148 valence electrons. The molecule has 0 radical (unpaired) electrons. The Morgan fingerprint density at radius 1 is 1.07 bits per heavy atom. The number of carbonyl (C=O) groups is 2. The second-order valence-electron chi connectivity index (χ2n) is 6.34. The van der Waals surface area contributed by atoms with Crippen molar-refractivity contribution in [2.24, 2.45) is 0 Å². The van der Waals surface area contributed by atoms with Gasteiger partial charge >= 0.3 is 11.9 Å². The Labute approximate surface area is 163 Å². The molecule has 1 unspecified atom stereocenters. The number of methoxy groups -OCH3 is 2. The van der Waals surface area contributed by atoms with Crippen molar-refractivity contribution < 1.29 is 33.6 Å². The molecule has 1 saturated heterocycles. The summed E-state index contributed by atoms with van der Waals surface area (Å²) in [7, 11) is 3.06. The van der Waals surface area contributed by atoms with E-state index in [1.165, 1.54) is 7.11 Å². The first-order valence-electron chi connectivity index (χ1n) is 8.89. The van der Waals surface area contributed by atoms with E-state index in [1.807, 2.05) is 6.07 Å². The van der Waals surface area contributed by atoms with Crippen molar-refractivity contribution in [3.8, 4) is 5.75 Å². The Morgan fingerprint density at radius 3 is 2.46 bits per heavy atom. The summed E-state index contributed by atoms with van der Waals surface area (Å²) in [5.74, 6) is -0.924. The molecule has 0 amide bonds. The average molecular weight is 386 g/mol. The molecule has 2 aromatic carbocycles. The first-order chi connectivity index (χ1) is 13.6. The molecule has 0 aliphatic carbocycles. The highest BCUT2D eigenvalue weighted by Crippen LogP contribution is 2.34.